The number of carbonyl (C=O) groups is 2. The van der Waals surface area contributed by atoms with Gasteiger partial charge in [0.05, 0.1) is 12.5 Å². The van der Waals surface area contributed by atoms with Gasteiger partial charge in [0.2, 0.25) is 11.8 Å². The average Bonchev–Trinajstić information content (AvgIpc) is 2.30. The Bertz CT molecular complexity index is 479. The Labute approximate surface area is 112 Å². The van der Waals surface area contributed by atoms with Crippen molar-refractivity contribution in [2.24, 2.45) is 0 Å². The second-order valence-electron chi connectivity index (χ2n) is 4.93. The number of rotatable bonds is 3. The summed E-state index contributed by atoms with van der Waals surface area (Å²) in [4.78, 5) is 23.5. The predicted molar refractivity (Wildman–Crippen MR) is 74.0 cm³/mol. The predicted octanol–water partition coefficient (Wildman–Crippen LogP) is 0.720. The minimum absolute atomic E-state index is 0.109. The number of hydrogen-bond donors (Lipinski definition) is 3. The van der Waals surface area contributed by atoms with E-state index in [2.05, 4.69) is 16.0 Å². The molecule has 2 amide bonds. The maximum absolute atomic E-state index is 11.9. The fraction of sp³-hybridized carbons (Fsp3) is 0.429. The first-order valence-corrected chi connectivity index (χ1v) is 6.44. The van der Waals surface area contributed by atoms with Crippen molar-refractivity contribution in [3.8, 4) is 0 Å². The molecule has 1 aromatic rings. The van der Waals surface area contributed by atoms with Crippen molar-refractivity contribution in [3.05, 3.63) is 29.3 Å². The summed E-state index contributed by atoms with van der Waals surface area (Å²) in [5, 5.41) is 8.61. The van der Waals surface area contributed by atoms with E-state index in [1.54, 1.807) is 0 Å². The van der Waals surface area contributed by atoms with Gasteiger partial charge in [0, 0.05) is 18.8 Å². The van der Waals surface area contributed by atoms with Crippen LogP contribution in [0.4, 0.5) is 5.69 Å². The molecule has 1 atom stereocenters. The standard InChI is InChI=1S/C14H19N3O2/c1-9-5-10(2)7-11(6-9)17-13(18)8-12-14(19)16-4-3-15-12/h5-7,12,15H,3-4,8H2,1-2H3,(H,16,19)(H,17,18)/t12-/m0/s1. The molecule has 0 unspecified atom stereocenters. The van der Waals surface area contributed by atoms with E-state index in [0.29, 0.717) is 13.1 Å². The zero-order valence-corrected chi connectivity index (χ0v) is 11.2. The van der Waals surface area contributed by atoms with E-state index in [9.17, 15) is 9.59 Å². The summed E-state index contributed by atoms with van der Waals surface area (Å²) in [5.41, 5.74) is 2.98. The SMILES string of the molecule is Cc1cc(C)cc(NC(=O)C[C@@H]2NCCNC2=O)c1. The Balaban J connectivity index is 1.95. The molecule has 1 heterocycles. The van der Waals surface area contributed by atoms with Gasteiger partial charge < -0.3 is 16.0 Å². The lowest BCUT2D eigenvalue weighted by Gasteiger charge is -2.22. The maximum Gasteiger partial charge on any atom is 0.237 e. The van der Waals surface area contributed by atoms with Crippen LogP contribution in [0.15, 0.2) is 18.2 Å². The molecule has 0 saturated carbocycles. The van der Waals surface area contributed by atoms with Crippen molar-refractivity contribution in [1.29, 1.82) is 0 Å². The van der Waals surface area contributed by atoms with Crippen LogP contribution in [0.2, 0.25) is 0 Å². The average molecular weight is 261 g/mol. The fourth-order valence-corrected chi connectivity index (χ4v) is 2.26. The third-order valence-corrected chi connectivity index (χ3v) is 3.03. The molecular formula is C14H19N3O2. The van der Waals surface area contributed by atoms with Gasteiger partial charge in [-0.15, -0.1) is 0 Å². The highest BCUT2D eigenvalue weighted by Gasteiger charge is 2.23. The highest BCUT2D eigenvalue weighted by Crippen LogP contribution is 2.14. The molecular weight excluding hydrogens is 242 g/mol. The molecule has 2 rings (SSSR count). The second-order valence-corrected chi connectivity index (χ2v) is 4.93. The largest absolute Gasteiger partial charge is 0.353 e. The van der Waals surface area contributed by atoms with Crippen LogP contribution < -0.4 is 16.0 Å². The summed E-state index contributed by atoms with van der Waals surface area (Å²) >= 11 is 0. The molecule has 0 aromatic heterocycles. The topological polar surface area (TPSA) is 70.2 Å². The number of hydrogen-bond acceptors (Lipinski definition) is 3. The van der Waals surface area contributed by atoms with E-state index in [-0.39, 0.29) is 18.2 Å². The van der Waals surface area contributed by atoms with E-state index >= 15 is 0 Å². The van der Waals surface area contributed by atoms with Gasteiger partial charge in [-0.05, 0) is 37.1 Å². The molecule has 1 saturated heterocycles. The zero-order chi connectivity index (χ0) is 13.8. The number of benzene rings is 1. The van der Waals surface area contributed by atoms with Crippen LogP contribution >= 0.6 is 0 Å². The first kappa shape index (κ1) is 13.5. The van der Waals surface area contributed by atoms with E-state index in [4.69, 9.17) is 0 Å². The summed E-state index contributed by atoms with van der Waals surface area (Å²) in [6.45, 7) is 5.29. The van der Waals surface area contributed by atoms with Crippen molar-refractivity contribution < 1.29 is 9.59 Å². The molecule has 1 aliphatic rings. The van der Waals surface area contributed by atoms with Crippen LogP contribution in [-0.2, 0) is 9.59 Å². The Hall–Kier alpha value is -1.88. The molecule has 0 spiro atoms. The molecule has 1 fully saturated rings. The lowest BCUT2D eigenvalue weighted by molar-refractivity contribution is -0.127. The Morgan fingerprint density at radius 3 is 2.58 bits per heavy atom. The molecule has 1 aromatic carbocycles. The van der Waals surface area contributed by atoms with E-state index in [1.807, 2.05) is 32.0 Å². The lowest BCUT2D eigenvalue weighted by Crippen LogP contribution is -2.53. The van der Waals surface area contributed by atoms with Gasteiger partial charge in [0.15, 0.2) is 0 Å². The van der Waals surface area contributed by atoms with Crippen LogP contribution in [0.25, 0.3) is 0 Å². The van der Waals surface area contributed by atoms with Crippen LogP contribution in [0.3, 0.4) is 0 Å². The van der Waals surface area contributed by atoms with E-state index in [0.717, 1.165) is 16.8 Å². The molecule has 3 N–H and O–H groups in total. The summed E-state index contributed by atoms with van der Waals surface area (Å²) in [6.07, 6.45) is 0.152. The number of nitrogens with one attached hydrogen (secondary N) is 3. The van der Waals surface area contributed by atoms with Gasteiger partial charge in [0.1, 0.15) is 0 Å². The van der Waals surface area contributed by atoms with Gasteiger partial charge in [-0.2, -0.15) is 0 Å². The Kier molecular flexibility index (Phi) is 4.16. The first-order chi connectivity index (χ1) is 9.04. The van der Waals surface area contributed by atoms with Crippen LogP contribution in [0.1, 0.15) is 17.5 Å². The Morgan fingerprint density at radius 2 is 1.95 bits per heavy atom. The summed E-state index contributed by atoms with van der Waals surface area (Å²) < 4.78 is 0. The van der Waals surface area contributed by atoms with Crippen molar-refractivity contribution in [3.63, 3.8) is 0 Å². The monoisotopic (exact) mass is 261 g/mol. The summed E-state index contributed by atoms with van der Waals surface area (Å²) in [5.74, 6) is -0.263. The van der Waals surface area contributed by atoms with Crippen molar-refractivity contribution in [2.45, 2.75) is 26.3 Å². The number of aryl methyl sites for hydroxylation is 2. The molecule has 0 bridgehead atoms. The van der Waals surface area contributed by atoms with Crippen molar-refractivity contribution in [2.75, 3.05) is 18.4 Å². The summed E-state index contributed by atoms with van der Waals surface area (Å²) in [7, 11) is 0. The number of anilines is 1. The van der Waals surface area contributed by atoms with Crippen molar-refractivity contribution >= 4 is 17.5 Å². The van der Waals surface area contributed by atoms with Crippen LogP contribution in [0, 0.1) is 13.8 Å². The lowest BCUT2D eigenvalue weighted by atomic mass is 10.1. The minimum atomic E-state index is -0.431. The van der Waals surface area contributed by atoms with E-state index < -0.39 is 6.04 Å². The number of carbonyl (C=O) groups excluding carboxylic acids is 2. The molecule has 19 heavy (non-hydrogen) atoms. The minimum Gasteiger partial charge on any atom is -0.353 e. The first-order valence-electron chi connectivity index (χ1n) is 6.44. The van der Waals surface area contributed by atoms with Crippen LogP contribution in [0.5, 0.6) is 0 Å². The summed E-state index contributed by atoms with van der Waals surface area (Å²) in [6, 6.07) is 5.45. The normalized spacial score (nSPS) is 18.8. The molecule has 5 heteroatoms. The molecule has 102 valence electrons. The maximum atomic E-state index is 11.9. The molecule has 5 nitrogen and oxygen atoms in total. The molecule has 1 aliphatic heterocycles. The van der Waals surface area contributed by atoms with Gasteiger partial charge in [0.25, 0.3) is 0 Å². The fourth-order valence-electron chi connectivity index (χ4n) is 2.26. The molecule has 0 aliphatic carbocycles. The van der Waals surface area contributed by atoms with Crippen molar-refractivity contribution in [1.82, 2.24) is 10.6 Å². The third-order valence-electron chi connectivity index (χ3n) is 3.03. The molecule has 0 radical (unpaired) electrons. The smallest absolute Gasteiger partial charge is 0.237 e. The van der Waals surface area contributed by atoms with Crippen LogP contribution in [-0.4, -0.2) is 30.9 Å². The van der Waals surface area contributed by atoms with E-state index in [1.165, 1.54) is 0 Å². The zero-order valence-electron chi connectivity index (χ0n) is 11.2. The number of amides is 2. The van der Waals surface area contributed by atoms with Gasteiger partial charge >= 0.3 is 0 Å². The Morgan fingerprint density at radius 1 is 1.26 bits per heavy atom. The number of piperazine rings is 1. The highest BCUT2D eigenvalue weighted by molar-refractivity contribution is 5.95. The quantitative estimate of drug-likeness (QED) is 0.751. The van der Waals surface area contributed by atoms with Gasteiger partial charge in [-0.1, -0.05) is 6.07 Å². The van der Waals surface area contributed by atoms with Gasteiger partial charge in [-0.3, -0.25) is 9.59 Å². The second kappa shape index (κ2) is 5.84. The highest BCUT2D eigenvalue weighted by atomic mass is 16.2. The third kappa shape index (κ3) is 3.79. The van der Waals surface area contributed by atoms with Gasteiger partial charge in [-0.25, -0.2) is 0 Å².